The molecule has 0 aliphatic heterocycles. The third kappa shape index (κ3) is 4.25. The maximum atomic E-state index is 11.5. The normalized spacial score (nSPS) is 12.8. The molecular weight excluding hydrogens is 375 g/mol. The molecule has 24 heavy (non-hydrogen) atoms. The lowest BCUT2D eigenvalue weighted by Gasteiger charge is -2.12. The van der Waals surface area contributed by atoms with Gasteiger partial charge in [0.1, 0.15) is 6.04 Å². The second-order valence-electron chi connectivity index (χ2n) is 5.16. The van der Waals surface area contributed by atoms with E-state index in [1.54, 1.807) is 12.1 Å². The molecule has 6 nitrogen and oxygen atoms in total. The summed E-state index contributed by atoms with van der Waals surface area (Å²) in [6.45, 7) is 0. The molecule has 0 aliphatic rings. The summed E-state index contributed by atoms with van der Waals surface area (Å²) in [6.07, 6.45) is 0.0497. The number of benzene rings is 2. The Labute approximate surface area is 149 Å². The van der Waals surface area contributed by atoms with Gasteiger partial charge in [-0.2, -0.15) is 0 Å². The van der Waals surface area contributed by atoms with E-state index in [9.17, 15) is 13.2 Å². The highest BCUT2D eigenvalue weighted by Gasteiger charge is 2.17. The Morgan fingerprint density at radius 3 is 2.46 bits per heavy atom. The second kappa shape index (κ2) is 7.08. The first-order valence-corrected chi connectivity index (χ1v) is 8.99. The van der Waals surface area contributed by atoms with E-state index in [1.165, 1.54) is 24.3 Å². The minimum atomic E-state index is -3.87. The number of hydrogen-bond acceptors (Lipinski definition) is 4. The Balaban J connectivity index is 2.54. The molecule has 128 valence electrons. The number of rotatable bonds is 5. The van der Waals surface area contributed by atoms with Crippen molar-refractivity contribution in [2.75, 3.05) is 0 Å². The number of hydrogen-bond donors (Lipinski definition) is 3. The van der Waals surface area contributed by atoms with Gasteiger partial charge in [0.2, 0.25) is 10.0 Å². The fourth-order valence-electron chi connectivity index (χ4n) is 2.15. The van der Waals surface area contributed by atoms with Gasteiger partial charge < -0.3 is 10.8 Å². The van der Waals surface area contributed by atoms with E-state index in [2.05, 4.69) is 0 Å². The summed E-state index contributed by atoms with van der Waals surface area (Å²) in [5.41, 5.74) is 7.05. The van der Waals surface area contributed by atoms with Crippen LogP contribution >= 0.6 is 23.2 Å². The molecule has 0 spiro atoms. The molecule has 5 N–H and O–H groups in total. The van der Waals surface area contributed by atoms with Gasteiger partial charge in [0.25, 0.3) is 0 Å². The largest absolute Gasteiger partial charge is 0.480 e. The van der Waals surface area contributed by atoms with Crippen LogP contribution in [0.3, 0.4) is 0 Å². The first-order valence-electron chi connectivity index (χ1n) is 6.69. The Morgan fingerprint density at radius 2 is 1.88 bits per heavy atom. The monoisotopic (exact) mass is 388 g/mol. The first-order chi connectivity index (χ1) is 11.1. The van der Waals surface area contributed by atoms with E-state index in [-0.39, 0.29) is 21.4 Å². The minimum absolute atomic E-state index is 0.0497. The van der Waals surface area contributed by atoms with E-state index in [4.69, 9.17) is 39.2 Å². The summed E-state index contributed by atoms with van der Waals surface area (Å²) in [6, 6.07) is 7.96. The fourth-order valence-corrected chi connectivity index (χ4v) is 3.17. The van der Waals surface area contributed by atoms with Gasteiger partial charge in [-0.25, -0.2) is 13.6 Å². The number of carbonyl (C=O) groups is 1. The van der Waals surface area contributed by atoms with Crippen molar-refractivity contribution in [3.05, 3.63) is 52.0 Å². The second-order valence-corrected chi connectivity index (χ2v) is 7.51. The van der Waals surface area contributed by atoms with Crippen molar-refractivity contribution < 1.29 is 18.3 Å². The molecule has 2 rings (SSSR count). The lowest BCUT2D eigenvalue weighted by molar-refractivity contribution is -0.138. The van der Waals surface area contributed by atoms with Crippen LogP contribution in [0.2, 0.25) is 10.0 Å². The van der Waals surface area contributed by atoms with Gasteiger partial charge in [-0.3, -0.25) is 4.79 Å². The van der Waals surface area contributed by atoms with Gasteiger partial charge in [-0.05, 0) is 41.8 Å². The average Bonchev–Trinajstić information content (AvgIpc) is 2.49. The molecular formula is C15H14Cl2N2O4S. The Morgan fingerprint density at radius 1 is 1.21 bits per heavy atom. The zero-order chi connectivity index (χ0) is 18.1. The van der Waals surface area contributed by atoms with Gasteiger partial charge in [0.15, 0.2) is 0 Å². The number of carboxylic acid groups (broad SMARTS) is 1. The number of halogens is 2. The minimum Gasteiger partial charge on any atom is -0.480 e. The molecule has 0 saturated heterocycles. The summed E-state index contributed by atoms with van der Waals surface area (Å²) in [4.78, 5) is 10.8. The third-order valence-electron chi connectivity index (χ3n) is 3.33. The van der Waals surface area contributed by atoms with Crippen molar-refractivity contribution in [1.29, 1.82) is 0 Å². The summed E-state index contributed by atoms with van der Waals surface area (Å²) in [5, 5.41) is 14.5. The van der Waals surface area contributed by atoms with Crippen molar-refractivity contribution in [2.24, 2.45) is 10.9 Å². The Hall–Kier alpha value is -1.64. The van der Waals surface area contributed by atoms with Crippen molar-refractivity contribution in [1.82, 2.24) is 0 Å². The predicted octanol–water partition coefficient (Wildman–Crippen LogP) is 2.26. The van der Waals surface area contributed by atoms with Gasteiger partial charge in [0.05, 0.1) is 14.9 Å². The zero-order valence-electron chi connectivity index (χ0n) is 12.2. The van der Waals surface area contributed by atoms with Crippen molar-refractivity contribution in [3.8, 4) is 11.1 Å². The highest BCUT2D eigenvalue weighted by Crippen LogP contribution is 2.36. The lowest BCUT2D eigenvalue weighted by atomic mass is 9.99. The van der Waals surface area contributed by atoms with Gasteiger partial charge >= 0.3 is 5.97 Å². The Bertz CT molecular complexity index is 900. The van der Waals surface area contributed by atoms with E-state index in [1.807, 2.05) is 0 Å². The van der Waals surface area contributed by atoms with Crippen LogP contribution in [0.1, 0.15) is 5.56 Å². The van der Waals surface area contributed by atoms with Crippen LogP contribution < -0.4 is 10.9 Å². The van der Waals surface area contributed by atoms with E-state index >= 15 is 0 Å². The number of sulfonamides is 1. The molecule has 1 unspecified atom stereocenters. The van der Waals surface area contributed by atoms with Crippen molar-refractivity contribution in [3.63, 3.8) is 0 Å². The SMILES string of the molecule is NC(Cc1cc(Cl)c(Cl)c(-c2cccc(S(N)(=O)=O)c2)c1)C(=O)O. The van der Waals surface area contributed by atoms with Crippen LogP contribution in [-0.2, 0) is 21.2 Å². The number of primary sulfonamides is 1. The zero-order valence-corrected chi connectivity index (χ0v) is 14.6. The topological polar surface area (TPSA) is 123 Å². The van der Waals surface area contributed by atoms with Crippen LogP contribution in [0, 0.1) is 0 Å². The molecule has 2 aromatic carbocycles. The maximum absolute atomic E-state index is 11.5. The number of nitrogens with two attached hydrogens (primary N) is 2. The third-order valence-corrected chi connectivity index (χ3v) is 5.05. The Kier molecular flexibility index (Phi) is 5.52. The number of carboxylic acids is 1. The molecule has 2 aromatic rings. The highest BCUT2D eigenvalue weighted by molar-refractivity contribution is 7.89. The van der Waals surface area contributed by atoms with Crippen LogP contribution in [0.5, 0.6) is 0 Å². The predicted molar refractivity (Wildman–Crippen MR) is 92.6 cm³/mol. The summed E-state index contributed by atoms with van der Waals surface area (Å²) >= 11 is 12.3. The quantitative estimate of drug-likeness (QED) is 0.724. The molecule has 0 heterocycles. The van der Waals surface area contributed by atoms with E-state index < -0.39 is 22.0 Å². The lowest BCUT2D eigenvalue weighted by Crippen LogP contribution is -2.32. The van der Waals surface area contributed by atoms with Crippen LogP contribution in [0.4, 0.5) is 0 Å². The summed E-state index contributed by atoms with van der Waals surface area (Å²) < 4.78 is 23.0. The van der Waals surface area contributed by atoms with Gasteiger partial charge in [-0.15, -0.1) is 0 Å². The smallest absolute Gasteiger partial charge is 0.320 e. The molecule has 0 aromatic heterocycles. The molecule has 0 amide bonds. The molecule has 9 heteroatoms. The first kappa shape index (κ1) is 18.7. The summed E-state index contributed by atoms with van der Waals surface area (Å²) in [5.74, 6) is -1.14. The molecule has 0 saturated carbocycles. The summed E-state index contributed by atoms with van der Waals surface area (Å²) in [7, 11) is -3.87. The van der Waals surface area contributed by atoms with Crippen LogP contribution in [-0.4, -0.2) is 25.5 Å². The molecule has 0 bridgehead atoms. The van der Waals surface area contributed by atoms with Crippen LogP contribution in [0.15, 0.2) is 41.3 Å². The standard InChI is InChI=1S/C15H14Cl2N2O4S/c16-12-5-8(6-13(18)15(20)21)4-11(14(12)17)9-2-1-3-10(7-9)24(19,22)23/h1-5,7,13H,6,18H2,(H,20,21)(H2,19,22,23). The van der Waals surface area contributed by atoms with Crippen LogP contribution in [0.25, 0.3) is 11.1 Å². The maximum Gasteiger partial charge on any atom is 0.320 e. The average molecular weight is 389 g/mol. The fraction of sp³-hybridized carbons (Fsp3) is 0.133. The number of aliphatic carboxylic acids is 1. The van der Waals surface area contributed by atoms with Crippen molar-refractivity contribution in [2.45, 2.75) is 17.4 Å². The molecule has 1 atom stereocenters. The molecule has 0 fully saturated rings. The van der Waals surface area contributed by atoms with Gasteiger partial charge in [0, 0.05) is 5.56 Å². The van der Waals surface area contributed by atoms with Gasteiger partial charge in [-0.1, -0.05) is 35.3 Å². The van der Waals surface area contributed by atoms with E-state index in [0.29, 0.717) is 16.7 Å². The van der Waals surface area contributed by atoms with Crippen molar-refractivity contribution >= 4 is 39.2 Å². The molecule has 0 aliphatic carbocycles. The highest BCUT2D eigenvalue weighted by atomic mass is 35.5. The van der Waals surface area contributed by atoms with E-state index in [0.717, 1.165) is 0 Å². The molecule has 0 radical (unpaired) electrons.